The fraction of sp³-hybridized carbons (Fsp3) is 0.625. The summed E-state index contributed by atoms with van der Waals surface area (Å²) >= 11 is 0. The average molecular weight is 312 g/mol. The minimum atomic E-state index is -2.77. The maximum Gasteiger partial charge on any atom is 0.235 e. The van der Waals surface area contributed by atoms with Crippen LogP contribution in [0.4, 0.5) is 5.69 Å². The summed E-state index contributed by atoms with van der Waals surface area (Å²) in [6, 6.07) is 7.50. The second kappa shape index (κ2) is 7.06. The van der Waals surface area contributed by atoms with Crippen LogP contribution in [0.15, 0.2) is 24.3 Å². The standard InChI is InChI=1S/C16H27NO3P/c1-3-5-10-16(4-2)12-19-21(18,20-13-16)11-14-6-8-15(17)9-7-14/h6-9,18H,3-5,10-13,17H2,1-2H3. The first-order valence-electron chi connectivity index (χ1n) is 7.75. The zero-order chi connectivity index (χ0) is 15.3. The summed E-state index contributed by atoms with van der Waals surface area (Å²) in [5, 5.41) is 0. The summed E-state index contributed by atoms with van der Waals surface area (Å²) in [5.41, 5.74) is 7.47. The van der Waals surface area contributed by atoms with Gasteiger partial charge in [-0.05, 0) is 30.5 Å². The van der Waals surface area contributed by atoms with Crippen molar-refractivity contribution in [1.82, 2.24) is 0 Å². The molecular formula is C16H27NO3P. The Morgan fingerprint density at radius 1 is 1.19 bits per heavy atom. The smallest absolute Gasteiger partial charge is 0.235 e. The van der Waals surface area contributed by atoms with Crippen LogP contribution in [0.25, 0.3) is 0 Å². The first-order valence-corrected chi connectivity index (χ1v) is 9.51. The quantitative estimate of drug-likeness (QED) is 0.611. The molecule has 119 valence electrons. The molecule has 1 radical (unpaired) electrons. The Balaban J connectivity index is 1.96. The zero-order valence-electron chi connectivity index (χ0n) is 13.0. The number of benzene rings is 1. The largest absolute Gasteiger partial charge is 0.399 e. The fourth-order valence-electron chi connectivity index (χ4n) is 2.58. The highest BCUT2D eigenvalue weighted by atomic mass is 31.2. The van der Waals surface area contributed by atoms with Gasteiger partial charge in [0.1, 0.15) is 0 Å². The molecule has 0 spiro atoms. The summed E-state index contributed by atoms with van der Waals surface area (Å²) in [5.74, 6) is 0. The molecule has 0 aromatic heterocycles. The molecule has 1 fully saturated rings. The molecule has 0 saturated carbocycles. The summed E-state index contributed by atoms with van der Waals surface area (Å²) < 4.78 is 11.6. The van der Waals surface area contributed by atoms with E-state index in [1.165, 1.54) is 12.8 Å². The minimum absolute atomic E-state index is 0.0728. The lowest BCUT2D eigenvalue weighted by atomic mass is 9.82. The zero-order valence-corrected chi connectivity index (χ0v) is 13.9. The molecule has 1 heterocycles. The molecule has 0 unspecified atom stereocenters. The van der Waals surface area contributed by atoms with Gasteiger partial charge in [0, 0.05) is 11.1 Å². The lowest BCUT2D eigenvalue weighted by Crippen LogP contribution is -2.36. The predicted octanol–water partition coefficient (Wildman–Crippen LogP) is 4.16. The van der Waals surface area contributed by atoms with E-state index in [9.17, 15) is 4.89 Å². The van der Waals surface area contributed by atoms with E-state index in [0.29, 0.717) is 19.4 Å². The molecule has 1 aliphatic rings. The van der Waals surface area contributed by atoms with Gasteiger partial charge < -0.3 is 19.7 Å². The van der Waals surface area contributed by atoms with Crippen LogP contribution in [0.3, 0.4) is 0 Å². The van der Waals surface area contributed by atoms with Gasteiger partial charge in [0.05, 0.1) is 19.4 Å². The Hall–Kier alpha value is -0.670. The number of unbranched alkanes of at least 4 members (excludes halogenated alkanes) is 1. The van der Waals surface area contributed by atoms with E-state index in [0.717, 1.165) is 24.1 Å². The monoisotopic (exact) mass is 312 g/mol. The second-order valence-corrected chi connectivity index (χ2v) is 8.15. The molecule has 4 nitrogen and oxygen atoms in total. The SMILES string of the molecule is CCCCC1(CC)CO[P](O)(Cc2ccc(N)cc2)OC1. The number of nitrogens with two attached hydrogens (primary N) is 1. The first-order chi connectivity index (χ1) is 10.0. The third-order valence-electron chi connectivity index (χ3n) is 4.32. The Kier molecular flexibility index (Phi) is 5.61. The highest BCUT2D eigenvalue weighted by molar-refractivity contribution is 7.59. The van der Waals surface area contributed by atoms with Crippen molar-refractivity contribution in [2.45, 2.75) is 45.7 Å². The second-order valence-electron chi connectivity index (χ2n) is 6.04. The first kappa shape index (κ1) is 16.7. The van der Waals surface area contributed by atoms with Gasteiger partial charge in [-0.1, -0.05) is 38.8 Å². The van der Waals surface area contributed by atoms with Crippen LogP contribution < -0.4 is 5.73 Å². The highest BCUT2D eigenvalue weighted by Gasteiger charge is 2.41. The van der Waals surface area contributed by atoms with Crippen LogP contribution in [0.5, 0.6) is 0 Å². The summed E-state index contributed by atoms with van der Waals surface area (Å²) in [6.45, 7) is 5.56. The molecule has 21 heavy (non-hydrogen) atoms. The van der Waals surface area contributed by atoms with Crippen LogP contribution in [-0.2, 0) is 15.2 Å². The molecule has 3 N–H and O–H groups in total. The van der Waals surface area contributed by atoms with Gasteiger partial charge in [-0.25, -0.2) is 0 Å². The lowest BCUT2D eigenvalue weighted by molar-refractivity contribution is -0.00653. The maximum absolute atomic E-state index is 10.6. The summed E-state index contributed by atoms with van der Waals surface area (Å²) in [4.78, 5) is 10.6. The van der Waals surface area contributed by atoms with Crippen LogP contribution in [0.1, 0.15) is 45.1 Å². The topological polar surface area (TPSA) is 64.7 Å². The van der Waals surface area contributed by atoms with Crippen molar-refractivity contribution in [3.63, 3.8) is 0 Å². The van der Waals surface area contributed by atoms with E-state index in [-0.39, 0.29) is 5.41 Å². The molecule has 0 bridgehead atoms. The molecule has 0 aliphatic carbocycles. The predicted molar refractivity (Wildman–Crippen MR) is 87.9 cm³/mol. The fourth-order valence-corrected chi connectivity index (χ4v) is 4.46. The van der Waals surface area contributed by atoms with Crippen molar-refractivity contribution >= 4 is 13.6 Å². The van der Waals surface area contributed by atoms with E-state index in [2.05, 4.69) is 13.8 Å². The normalized spacial score (nSPS) is 29.5. The molecule has 1 aromatic carbocycles. The van der Waals surface area contributed by atoms with Crippen molar-refractivity contribution in [2.75, 3.05) is 18.9 Å². The Bertz CT molecular complexity index is 441. The van der Waals surface area contributed by atoms with E-state index < -0.39 is 7.94 Å². The van der Waals surface area contributed by atoms with E-state index in [1.807, 2.05) is 24.3 Å². The maximum atomic E-state index is 10.6. The van der Waals surface area contributed by atoms with Crippen LogP contribution >= 0.6 is 7.94 Å². The molecule has 1 aromatic rings. The van der Waals surface area contributed by atoms with Crippen molar-refractivity contribution in [2.24, 2.45) is 5.41 Å². The highest BCUT2D eigenvalue weighted by Crippen LogP contribution is 2.64. The Labute approximate surface area is 128 Å². The van der Waals surface area contributed by atoms with Crippen molar-refractivity contribution in [3.8, 4) is 0 Å². The van der Waals surface area contributed by atoms with Gasteiger partial charge in [0.2, 0.25) is 7.94 Å². The van der Waals surface area contributed by atoms with E-state index in [1.54, 1.807) is 0 Å². The van der Waals surface area contributed by atoms with Gasteiger partial charge in [0.25, 0.3) is 0 Å². The van der Waals surface area contributed by atoms with Gasteiger partial charge in [-0.2, -0.15) is 0 Å². The van der Waals surface area contributed by atoms with Crippen molar-refractivity contribution in [1.29, 1.82) is 0 Å². The van der Waals surface area contributed by atoms with Crippen LogP contribution in [0, 0.1) is 5.41 Å². The minimum Gasteiger partial charge on any atom is -0.399 e. The molecule has 1 saturated heterocycles. The third-order valence-corrected chi connectivity index (χ3v) is 6.15. The number of rotatable bonds is 6. The average Bonchev–Trinajstić information content (AvgIpc) is 2.50. The van der Waals surface area contributed by atoms with Gasteiger partial charge in [-0.3, -0.25) is 0 Å². The number of anilines is 1. The Morgan fingerprint density at radius 2 is 1.81 bits per heavy atom. The van der Waals surface area contributed by atoms with Gasteiger partial charge >= 0.3 is 0 Å². The van der Waals surface area contributed by atoms with Gasteiger partial charge in [0.15, 0.2) is 0 Å². The molecule has 1 aliphatic heterocycles. The lowest BCUT2D eigenvalue weighted by Gasteiger charge is -2.44. The van der Waals surface area contributed by atoms with Crippen molar-refractivity contribution in [3.05, 3.63) is 29.8 Å². The van der Waals surface area contributed by atoms with E-state index >= 15 is 0 Å². The number of nitrogen functional groups attached to an aromatic ring is 1. The van der Waals surface area contributed by atoms with E-state index in [4.69, 9.17) is 14.8 Å². The summed E-state index contributed by atoms with van der Waals surface area (Å²) in [7, 11) is -2.77. The van der Waals surface area contributed by atoms with Crippen molar-refractivity contribution < 1.29 is 13.9 Å². The molecular weight excluding hydrogens is 285 g/mol. The van der Waals surface area contributed by atoms with Crippen LogP contribution in [0.2, 0.25) is 0 Å². The molecule has 5 heteroatoms. The third kappa shape index (κ3) is 4.40. The molecule has 0 amide bonds. The molecule has 2 rings (SSSR count). The summed E-state index contributed by atoms with van der Waals surface area (Å²) in [6.07, 6.45) is 4.90. The van der Waals surface area contributed by atoms with Crippen LogP contribution in [-0.4, -0.2) is 18.1 Å². The molecule has 0 atom stereocenters. The number of hydrogen-bond donors (Lipinski definition) is 2. The number of hydrogen-bond acceptors (Lipinski definition) is 4. The van der Waals surface area contributed by atoms with Gasteiger partial charge in [-0.15, -0.1) is 0 Å². The Morgan fingerprint density at radius 3 is 2.33 bits per heavy atom.